The molecule has 4 nitrogen and oxygen atoms in total. The molecule has 112 valence electrons. The van der Waals surface area contributed by atoms with Crippen LogP contribution in [0.2, 0.25) is 0 Å². The van der Waals surface area contributed by atoms with Crippen molar-refractivity contribution in [2.75, 3.05) is 5.73 Å². The lowest BCUT2D eigenvalue weighted by Crippen LogP contribution is -2.24. The highest BCUT2D eigenvalue weighted by Gasteiger charge is 2.12. The van der Waals surface area contributed by atoms with Crippen molar-refractivity contribution in [2.45, 2.75) is 26.2 Å². The van der Waals surface area contributed by atoms with Gasteiger partial charge in [0.25, 0.3) is 5.56 Å². The van der Waals surface area contributed by atoms with Crippen LogP contribution in [0.15, 0.2) is 53.3 Å². The minimum atomic E-state index is -0.0395. The molecule has 0 spiro atoms. The van der Waals surface area contributed by atoms with Gasteiger partial charge in [-0.15, -0.1) is 0 Å². The third-order valence-corrected chi connectivity index (χ3v) is 3.73. The molecule has 0 atom stereocenters. The number of para-hydroxylation sites is 1. The second-order valence-electron chi connectivity index (χ2n) is 5.38. The van der Waals surface area contributed by atoms with Gasteiger partial charge in [0.1, 0.15) is 5.82 Å². The molecular weight excluding hydrogens is 274 g/mol. The van der Waals surface area contributed by atoms with E-state index in [0.29, 0.717) is 11.1 Å². The predicted octanol–water partition coefficient (Wildman–Crippen LogP) is 3.31. The molecule has 0 fully saturated rings. The number of aromatic nitrogens is 2. The molecule has 0 amide bonds. The van der Waals surface area contributed by atoms with Crippen LogP contribution in [0.5, 0.6) is 0 Å². The average molecular weight is 293 g/mol. The summed E-state index contributed by atoms with van der Waals surface area (Å²) in [6, 6.07) is 14.8. The Kier molecular flexibility index (Phi) is 3.92. The molecule has 0 aliphatic rings. The van der Waals surface area contributed by atoms with Crippen molar-refractivity contribution in [2.24, 2.45) is 0 Å². The number of unbranched alkanes of at least 4 members (excludes halogenated alkanes) is 1. The fraction of sp³-hybridized carbons (Fsp3) is 0.222. The molecule has 0 saturated heterocycles. The lowest BCUT2D eigenvalue weighted by molar-refractivity contribution is 0.720. The number of benzene rings is 2. The van der Waals surface area contributed by atoms with Gasteiger partial charge in [-0.2, -0.15) is 0 Å². The van der Waals surface area contributed by atoms with Crippen LogP contribution in [0.1, 0.15) is 25.6 Å². The molecule has 1 heterocycles. The molecule has 0 aliphatic carbocycles. The SMILES string of the molecule is CCCCc1nc2ccccc2c(=O)n1-c1cccc(N)c1. The number of nitrogens with two attached hydrogens (primary N) is 1. The van der Waals surface area contributed by atoms with Crippen LogP contribution in [0, 0.1) is 0 Å². The lowest BCUT2D eigenvalue weighted by atomic mass is 10.2. The summed E-state index contributed by atoms with van der Waals surface area (Å²) in [5.41, 5.74) is 7.99. The van der Waals surface area contributed by atoms with E-state index in [2.05, 4.69) is 6.92 Å². The number of anilines is 1. The molecule has 0 radical (unpaired) electrons. The van der Waals surface area contributed by atoms with Crippen LogP contribution < -0.4 is 11.3 Å². The maximum atomic E-state index is 12.9. The van der Waals surface area contributed by atoms with Gasteiger partial charge in [-0.3, -0.25) is 9.36 Å². The predicted molar refractivity (Wildman–Crippen MR) is 90.4 cm³/mol. The summed E-state index contributed by atoms with van der Waals surface area (Å²) in [7, 11) is 0. The van der Waals surface area contributed by atoms with Crippen LogP contribution in [-0.4, -0.2) is 9.55 Å². The Bertz CT molecular complexity index is 868. The van der Waals surface area contributed by atoms with E-state index in [9.17, 15) is 4.79 Å². The van der Waals surface area contributed by atoms with Gasteiger partial charge in [0.15, 0.2) is 0 Å². The lowest BCUT2D eigenvalue weighted by Gasteiger charge is -2.14. The molecule has 4 heteroatoms. The number of hydrogen-bond acceptors (Lipinski definition) is 3. The van der Waals surface area contributed by atoms with Gasteiger partial charge in [-0.05, 0) is 36.8 Å². The third-order valence-electron chi connectivity index (χ3n) is 3.73. The van der Waals surface area contributed by atoms with Crippen LogP contribution in [0.25, 0.3) is 16.6 Å². The Morgan fingerprint density at radius 1 is 1.14 bits per heavy atom. The number of nitrogen functional groups attached to an aromatic ring is 1. The van der Waals surface area contributed by atoms with E-state index in [0.717, 1.165) is 36.3 Å². The van der Waals surface area contributed by atoms with E-state index in [-0.39, 0.29) is 5.56 Å². The maximum absolute atomic E-state index is 12.9. The van der Waals surface area contributed by atoms with Gasteiger partial charge in [-0.1, -0.05) is 31.5 Å². The third kappa shape index (κ3) is 2.60. The van der Waals surface area contributed by atoms with Crippen molar-refractivity contribution >= 4 is 16.6 Å². The second-order valence-corrected chi connectivity index (χ2v) is 5.38. The number of aryl methyl sites for hydroxylation is 1. The van der Waals surface area contributed by atoms with E-state index in [1.54, 1.807) is 4.57 Å². The van der Waals surface area contributed by atoms with Crippen LogP contribution in [0.3, 0.4) is 0 Å². The molecule has 3 aromatic rings. The topological polar surface area (TPSA) is 60.9 Å². The Hall–Kier alpha value is -2.62. The molecule has 0 bridgehead atoms. The Morgan fingerprint density at radius 3 is 2.73 bits per heavy atom. The fourth-order valence-corrected chi connectivity index (χ4v) is 2.61. The van der Waals surface area contributed by atoms with Gasteiger partial charge >= 0.3 is 0 Å². The second kappa shape index (κ2) is 6.02. The minimum Gasteiger partial charge on any atom is -0.399 e. The Labute approximate surface area is 129 Å². The quantitative estimate of drug-likeness (QED) is 0.751. The van der Waals surface area contributed by atoms with Gasteiger partial charge < -0.3 is 5.73 Å². The van der Waals surface area contributed by atoms with E-state index in [1.807, 2.05) is 48.5 Å². The summed E-state index contributed by atoms with van der Waals surface area (Å²) < 4.78 is 1.69. The first-order chi connectivity index (χ1) is 10.7. The number of rotatable bonds is 4. The van der Waals surface area contributed by atoms with Crippen LogP contribution >= 0.6 is 0 Å². The fourth-order valence-electron chi connectivity index (χ4n) is 2.61. The molecule has 22 heavy (non-hydrogen) atoms. The Morgan fingerprint density at radius 2 is 1.95 bits per heavy atom. The smallest absolute Gasteiger partial charge is 0.265 e. The summed E-state index contributed by atoms with van der Waals surface area (Å²) in [5, 5.41) is 0.630. The zero-order chi connectivity index (χ0) is 15.5. The van der Waals surface area contributed by atoms with Gasteiger partial charge in [0.2, 0.25) is 0 Å². The zero-order valence-corrected chi connectivity index (χ0v) is 12.6. The van der Waals surface area contributed by atoms with E-state index < -0.39 is 0 Å². The van der Waals surface area contributed by atoms with Crippen molar-refractivity contribution in [3.63, 3.8) is 0 Å². The molecule has 3 rings (SSSR count). The standard InChI is InChI=1S/C18H19N3O/c1-2-3-11-17-20-16-10-5-4-9-15(16)18(22)21(17)14-8-6-7-13(19)12-14/h4-10,12H,2-3,11,19H2,1H3. The first kappa shape index (κ1) is 14.3. The molecule has 0 aliphatic heterocycles. The van der Waals surface area contributed by atoms with Crippen molar-refractivity contribution in [3.05, 3.63) is 64.7 Å². The molecule has 0 unspecified atom stereocenters. The van der Waals surface area contributed by atoms with Gasteiger partial charge in [0.05, 0.1) is 16.6 Å². The first-order valence-electron chi connectivity index (χ1n) is 7.57. The zero-order valence-electron chi connectivity index (χ0n) is 12.6. The summed E-state index contributed by atoms with van der Waals surface area (Å²) in [6.07, 6.45) is 2.82. The number of nitrogens with zero attached hydrogens (tertiary/aromatic N) is 2. The van der Waals surface area contributed by atoms with E-state index >= 15 is 0 Å². The van der Waals surface area contributed by atoms with Crippen molar-refractivity contribution in [1.82, 2.24) is 9.55 Å². The summed E-state index contributed by atoms with van der Waals surface area (Å²) in [4.78, 5) is 17.6. The Balaban J connectivity index is 2.29. The van der Waals surface area contributed by atoms with Gasteiger partial charge in [0, 0.05) is 12.1 Å². The van der Waals surface area contributed by atoms with Crippen LogP contribution in [-0.2, 0) is 6.42 Å². The summed E-state index contributed by atoms with van der Waals surface area (Å²) >= 11 is 0. The van der Waals surface area contributed by atoms with Crippen LogP contribution in [0.4, 0.5) is 5.69 Å². The normalized spacial score (nSPS) is 11.0. The molecular formula is C18H19N3O. The van der Waals surface area contributed by atoms with Crippen molar-refractivity contribution in [1.29, 1.82) is 0 Å². The molecule has 2 aromatic carbocycles. The van der Waals surface area contributed by atoms with Crippen molar-refractivity contribution in [3.8, 4) is 5.69 Å². The largest absolute Gasteiger partial charge is 0.399 e. The minimum absolute atomic E-state index is 0.0395. The molecule has 1 aromatic heterocycles. The molecule has 0 saturated carbocycles. The first-order valence-corrected chi connectivity index (χ1v) is 7.57. The monoisotopic (exact) mass is 293 g/mol. The summed E-state index contributed by atoms with van der Waals surface area (Å²) in [6.45, 7) is 2.13. The van der Waals surface area contributed by atoms with Gasteiger partial charge in [-0.25, -0.2) is 4.98 Å². The highest BCUT2D eigenvalue weighted by molar-refractivity contribution is 5.77. The van der Waals surface area contributed by atoms with E-state index in [4.69, 9.17) is 10.7 Å². The van der Waals surface area contributed by atoms with Crippen molar-refractivity contribution < 1.29 is 0 Å². The highest BCUT2D eigenvalue weighted by atomic mass is 16.1. The maximum Gasteiger partial charge on any atom is 0.265 e. The molecule has 2 N–H and O–H groups in total. The highest BCUT2D eigenvalue weighted by Crippen LogP contribution is 2.16. The van der Waals surface area contributed by atoms with E-state index in [1.165, 1.54) is 0 Å². The number of hydrogen-bond donors (Lipinski definition) is 1. The number of fused-ring (bicyclic) bond motifs is 1. The summed E-state index contributed by atoms with van der Waals surface area (Å²) in [5.74, 6) is 0.788. The average Bonchev–Trinajstić information content (AvgIpc) is 2.53.